The van der Waals surface area contributed by atoms with Crippen LogP contribution in [0, 0.1) is 9.39 Å². The third-order valence-corrected chi connectivity index (χ3v) is 4.73. The van der Waals surface area contributed by atoms with E-state index in [0.29, 0.717) is 11.4 Å². The topological polar surface area (TPSA) is 12.0 Å². The van der Waals surface area contributed by atoms with Gasteiger partial charge in [-0.3, -0.25) is 0 Å². The van der Waals surface area contributed by atoms with E-state index in [4.69, 9.17) is 23.2 Å². The monoisotopic (exact) mass is 437 g/mol. The molecule has 0 aliphatic heterocycles. The van der Waals surface area contributed by atoms with Gasteiger partial charge in [0.05, 0.1) is 5.02 Å². The molecule has 0 aliphatic rings. The second-order valence-corrected chi connectivity index (χ2v) is 6.73. The van der Waals surface area contributed by atoms with Crippen LogP contribution in [0.5, 0.6) is 0 Å². The van der Waals surface area contributed by atoms with Gasteiger partial charge in [0.2, 0.25) is 0 Å². The smallest absolute Gasteiger partial charge is 0.142 e. The van der Waals surface area contributed by atoms with Gasteiger partial charge < -0.3 is 5.32 Å². The van der Waals surface area contributed by atoms with E-state index in [2.05, 4.69) is 27.9 Å². The average molecular weight is 438 g/mol. The molecule has 0 amide bonds. The summed E-state index contributed by atoms with van der Waals surface area (Å²) in [5.74, 6) is -0.384. The summed E-state index contributed by atoms with van der Waals surface area (Å²) in [5, 5.41) is 4.28. The van der Waals surface area contributed by atoms with Crippen LogP contribution in [0.15, 0.2) is 36.4 Å². The third kappa shape index (κ3) is 4.55. The van der Waals surface area contributed by atoms with Gasteiger partial charge in [0.25, 0.3) is 0 Å². The molecule has 2 aromatic carbocycles. The Hall–Kier alpha value is -0.360. The molecule has 0 spiro atoms. The van der Waals surface area contributed by atoms with Gasteiger partial charge in [0, 0.05) is 14.6 Å². The number of nitrogens with one attached hydrogen (secondary N) is 1. The van der Waals surface area contributed by atoms with Crippen molar-refractivity contribution in [2.24, 2.45) is 0 Å². The quantitative estimate of drug-likeness (QED) is 0.597. The predicted octanol–water partition coefficient (Wildman–Crippen LogP) is 5.63. The standard InChI is InChI=1S/C16H15Cl2FIN/c1-2-21-16(12-9-11(17)4-6-15(12)20)8-10-3-5-13(18)14(19)7-10/h3-7,9,16,21H,2,8H2,1H3. The maximum absolute atomic E-state index is 13.6. The van der Waals surface area contributed by atoms with Crippen LogP contribution in [0.3, 0.4) is 0 Å². The number of likely N-dealkylation sites (N-methyl/N-ethyl adjacent to an activating group) is 1. The normalized spacial score (nSPS) is 12.4. The van der Waals surface area contributed by atoms with Crippen LogP contribution >= 0.6 is 45.8 Å². The van der Waals surface area contributed by atoms with Crippen LogP contribution < -0.4 is 5.32 Å². The molecule has 1 N–H and O–H groups in total. The highest BCUT2D eigenvalue weighted by Crippen LogP contribution is 2.27. The Kier molecular flexibility index (Phi) is 6.29. The van der Waals surface area contributed by atoms with Crippen molar-refractivity contribution >= 4 is 45.8 Å². The lowest BCUT2D eigenvalue weighted by Crippen LogP contribution is -2.23. The molecule has 1 unspecified atom stereocenters. The minimum Gasteiger partial charge on any atom is -0.310 e. The lowest BCUT2D eigenvalue weighted by Gasteiger charge is -2.20. The van der Waals surface area contributed by atoms with E-state index in [1.807, 2.05) is 31.2 Å². The Morgan fingerprint density at radius 2 is 1.95 bits per heavy atom. The van der Waals surface area contributed by atoms with Crippen LogP contribution in [0.2, 0.25) is 10.0 Å². The first-order chi connectivity index (χ1) is 10.0. The minimum atomic E-state index is -0.384. The van der Waals surface area contributed by atoms with Gasteiger partial charge in [-0.1, -0.05) is 36.2 Å². The predicted molar refractivity (Wildman–Crippen MR) is 95.7 cm³/mol. The zero-order chi connectivity index (χ0) is 15.4. The molecule has 0 fully saturated rings. The molecule has 1 atom stereocenters. The summed E-state index contributed by atoms with van der Waals surface area (Å²) in [6, 6.07) is 10.8. The van der Waals surface area contributed by atoms with Gasteiger partial charge in [-0.15, -0.1) is 0 Å². The highest BCUT2D eigenvalue weighted by Gasteiger charge is 2.15. The highest BCUT2D eigenvalue weighted by molar-refractivity contribution is 14.1. The van der Waals surface area contributed by atoms with E-state index < -0.39 is 0 Å². The van der Waals surface area contributed by atoms with Crippen LogP contribution in [0.1, 0.15) is 24.1 Å². The van der Waals surface area contributed by atoms with E-state index in [1.165, 1.54) is 6.07 Å². The molecule has 0 bridgehead atoms. The first kappa shape index (κ1) is 17.0. The van der Waals surface area contributed by atoms with Crippen molar-refractivity contribution in [3.63, 3.8) is 0 Å². The van der Waals surface area contributed by atoms with Crippen LogP contribution in [-0.2, 0) is 6.42 Å². The fraction of sp³-hybridized carbons (Fsp3) is 0.250. The molecule has 21 heavy (non-hydrogen) atoms. The van der Waals surface area contributed by atoms with Gasteiger partial charge in [0.15, 0.2) is 0 Å². The summed E-state index contributed by atoms with van der Waals surface area (Å²) < 4.78 is 14.7. The average Bonchev–Trinajstić information content (AvgIpc) is 2.45. The van der Waals surface area contributed by atoms with E-state index in [1.54, 1.807) is 6.07 Å². The van der Waals surface area contributed by atoms with E-state index in [0.717, 1.165) is 21.2 Å². The molecule has 2 aromatic rings. The molecule has 0 saturated carbocycles. The lowest BCUT2D eigenvalue weighted by molar-refractivity contribution is 0.545. The fourth-order valence-electron chi connectivity index (χ4n) is 2.22. The molecule has 2 rings (SSSR count). The Bertz CT molecular complexity index is 634. The van der Waals surface area contributed by atoms with Crippen LogP contribution in [0.25, 0.3) is 0 Å². The maximum Gasteiger partial charge on any atom is 0.142 e. The molecule has 112 valence electrons. The minimum absolute atomic E-state index is 0.0844. The van der Waals surface area contributed by atoms with Crippen molar-refractivity contribution in [2.75, 3.05) is 6.54 Å². The van der Waals surface area contributed by atoms with Gasteiger partial charge in [-0.2, -0.15) is 0 Å². The van der Waals surface area contributed by atoms with Crippen molar-refractivity contribution in [3.8, 4) is 0 Å². The summed E-state index contributed by atoms with van der Waals surface area (Å²) in [6.07, 6.45) is 0.679. The van der Waals surface area contributed by atoms with E-state index in [-0.39, 0.29) is 16.9 Å². The van der Waals surface area contributed by atoms with E-state index in [9.17, 15) is 4.39 Å². The molecule has 0 radical (unpaired) electrons. The largest absolute Gasteiger partial charge is 0.310 e. The fourth-order valence-corrected chi connectivity index (χ4v) is 3.23. The summed E-state index contributed by atoms with van der Waals surface area (Å²) in [5.41, 5.74) is 2.03. The van der Waals surface area contributed by atoms with Gasteiger partial charge in [-0.05, 0) is 77.0 Å². The zero-order valence-corrected chi connectivity index (χ0v) is 15.1. The first-order valence-electron chi connectivity index (χ1n) is 6.63. The molecule has 0 saturated heterocycles. The number of hydrogen-bond acceptors (Lipinski definition) is 1. The Labute approximate surface area is 148 Å². The summed E-state index contributed by atoms with van der Waals surface area (Å²) >= 11 is 14.1. The molecule has 0 aromatic heterocycles. The highest BCUT2D eigenvalue weighted by atomic mass is 127. The number of rotatable bonds is 5. The Balaban J connectivity index is 2.30. The van der Waals surface area contributed by atoms with Gasteiger partial charge in [-0.25, -0.2) is 4.39 Å². The van der Waals surface area contributed by atoms with Crippen LogP contribution in [0.4, 0.5) is 4.39 Å². The summed E-state index contributed by atoms with van der Waals surface area (Å²) in [7, 11) is 0. The first-order valence-corrected chi connectivity index (χ1v) is 8.47. The second kappa shape index (κ2) is 7.77. The SMILES string of the molecule is CCNC(Cc1ccc(Cl)c(F)c1)c1cc(Cl)ccc1I. The molecular weight excluding hydrogens is 423 g/mol. The number of halogens is 4. The molecule has 0 heterocycles. The molecule has 0 aliphatic carbocycles. The third-order valence-electron chi connectivity index (χ3n) is 3.21. The van der Waals surface area contributed by atoms with Crippen LogP contribution in [-0.4, -0.2) is 6.54 Å². The Morgan fingerprint density at radius 1 is 1.19 bits per heavy atom. The Morgan fingerprint density at radius 3 is 2.62 bits per heavy atom. The van der Waals surface area contributed by atoms with E-state index >= 15 is 0 Å². The molecular formula is C16H15Cl2FIN. The van der Waals surface area contributed by atoms with Crippen molar-refractivity contribution < 1.29 is 4.39 Å². The van der Waals surface area contributed by atoms with Crippen molar-refractivity contribution in [2.45, 2.75) is 19.4 Å². The van der Waals surface area contributed by atoms with Gasteiger partial charge >= 0.3 is 0 Å². The van der Waals surface area contributed by atoms with Crippen molar-refractivity contribution in [3.05, 3.63) is 67.0 Å². The number of hydrogen-bond donors (Lipinski definition) is 1. The van der Waals surface area contributed by atoms with Crippen molar-refractivity contribution in [1.29, 1.82) is 0 Å². The molecule has 5 heteroatoms. The zero-order valence-electron chi connectivity index (χ0n) is 11.5. The van der Waals surface area contributed by atoms with Crippen molar-refractivity contribution in [1.82, 2.24) is 5.32 Å². The van der Waals surface area contributed by atoms with Gasteiger partial charge in [0.1, 0.15) is 5.82 Å². The lowest BCUT2D eigenvalue weighted by atomic mass is 9.98. The maximum atomic E-state index is 13.6. The molecule has 1 nitrogen and oxygen atoms in total. The summed E-state index contributed by atoms with van der Waals surface area (Å²) in [4.78, 5) is 0. The summed E-state index contributed by atoms with van der Waals surface area (Å²) in [6.45, 7) is 2.87. The second-order valence-electron chi connectivity index (χ2n) is 4.73. The number of benzene rings is 2.